The van der Waals surface area contributed by atoms with Crippen molar-refractivity contribution in [2.45, 2.75) is 58.7 Å². The molecule has 10 nitrogen and oxygen atoms in total. The number of anilines is 2. The van der Waals surface area contributed by atoms with Crippen molar-refractivity contribution >= 4 is 51.2 Å². The van der Waals surface area contributed by atoms with Crippen LogP contribution in [0, 0.1) is 11.6 Å². The number of rotatable bonds is 12. The molecular formula is C74H68F2N2O8S2. The Morgan fingerprint density at radius 1 is 0.455 bits per heavy atom. The number of phenols is 4. The molecule has 2 amide bonds. The summed E-state index contributed by atoms with van der Waals surface area (Å²) >= 11 is 2.52. The van der Waals surface area contributed by atoms with Gasteiger partial charge in [-0.05, 0) is 154 Å². The first kappa shape index (κ1) is 64.5. The van der Waals surface area contributed by atoms with Crippen molar-refractivity contribution in [2.24, 2.45) is 0 Å². The van der Waals surface area contributed by atoms with E-state index in [9.17, 15) is 48.7 Å². The minimum Gasteiger partial charge on any atom is -0.508 e. The number of carbonyl (C=O) groups is 3. The van der Waals surface area contributed by atoms with Gasteiger partial charge in [-0.1, -0.05) is 197 Å². The van der Waals surface area contributed by atoms with Gasteiger partial charge < -0.3 is 25.5 Å². The molecule has 2 aliphatic rings. The first-order valence-corrected chi connectivity index (χ1v) is 30.8. The number of hydrogen-bond acceptors (Lipinski definition) is 10. The summed E-state index contributed by atoms with van der Waals surface area (Å²) in [5, 5.41) is 50.4. The Balaban J connectivity index is 0.000000167. The maximum atomic E-state index is 12.7. The molecule has 3 unspecified atom stereocenters. The third-order valence-electron chi connectivity index (χ3n) is 14.5. The predicted octanol–water partition coefficient (Wildman–Crippen LogP) is 19.4. The molecule has 448 valence electrons. The van der Waals surface area contributed by atoms with Crippen LogP contribution in [0.2, 0.25) is 0 Å². The van der Waals surface area contributed by atoms with Crippen LogP contribution in [0.3, 0.4) is 0 Å². The lowest BCUT2D eigenvalue weighted by Gasteiger charge is -2.25. The van der Waals surface area contributed by atoms with Gasteiger partial charge in [-0.2, -0.15) is 0 Å². The number of aromatic hydroxyl groups is 4. The average Bonchev–Trinajstić information content (AvgIpc) is 3.47. The molecule has 2 saturated heterocycles. The van der Waals surface area contributed by atoms with Crippen molar-refractivity contribution in [3.05, 3.63) is 277 Å². The van der Waals surface area contributed by atoms with Crippen molar-refractivity contribution in [3.8, 4) is 67.5 Å². The van der Waals surface area contributed by atoms with Crippen LogP contribution in [-0.2, 0) is 0 Å². The molecule has 0 radical (unpaired) electrons. The van der Waals surface area contributed by atoms with Crippen LogP contribution < -0.4 is 9.80 Å². The van der Waals surface area contributed by atoms with Crippen LogP contribution in [0.15, 0.2) is 243 Å². The highest BCUT2D eigenvalue weighted by Crippen LogP contribution is 2.45. The van der Waals surface area contributed by atoms with Gasteiger partial charge in [-0.15, -0.1) is 0 Å². The number of hydrogen-bond donors (Lipinski definition) is 5. The molecule has 2 heterocycles. The summed E-state index contributed by atoms with van der Waals surface area (Å²) in [5.41, 5.74) is 12.0. The number of Topliss-reactive ketones (excluding diaryl/α,β-unsaturated/α-hetero) is 1. The Hall–Kier alpha value is -9.47. The highest BCUT2D eigenvalue weighted by atomic mass is 32.2. The Kier molecular flexibility index (Phi) is 22.9. The lowest BCUT2D eigenvalue weighted by Crippen LogP contribution is -2.26. The highest BCUT2D eigenvalue weighted by molar-refractivity contribution is 8.14. The van der Waals surface area contributed by atoms with Crippen molar-refractivity contribution in [3.63, 3.8) is 0 Å². The third-order valence-corrected chi connectivity index (χ3v) is 16.4. The Morgan fingerprint density at radius 3 is 1.17 bits per heavy atom. The Labute approximate surface area is 521 Å². The number of carbonyl (C=O) groups excluding carboxylic acids is 3. The smallest absolute Gasteiger partial charge is 0.286 e. The molecule has 5 N–H and O–H groups in total. The zero-order valence-electron chi connectivity index (χ0n) is 49.1. The molecule has 0 spiro atoms. The van der Waals surface area contributed by atoms with Crippen LogP contribution >= 0.6 is 23.5 Å². The van der Waals surface area contributed by atoms with E-state index in [-0.39, 0.29) is 63.0 Å². The van der Waals surface area contributed by atoms with E-state index in [0.717, 1.165) is 61.4 Å². The van der Waals surface area contributed by atoms with Crippen molar-refractivity contribution < 1.29 is 48.7 Å². The molecule has 0 saturated carbocycles. The molecule has 10 aromatic rings. The first-order chi connectivity index (χ1) is 42.7. The second kappa shape index (κ2) is 31.3. The van der Waals surface area contributed by atoms with Crippen LogP contribution in [-0.4, -0.2) is 53.3 Å². The van der Waals surface area contributed by atoms with E-state index in [1.54, 1.807) is 77.4 Å². The van der Waals surface area contributed by atoms with Gasteiger partial charge in [-0.3, -0.25) is 24.2 Å². The van der Waals surface area contributed by atoms with Crippen LogP contribution in [0.1, 0.15) is 85.8 Å². The fraction of sp³-hybridized carbons (Fsp3) is 0.149. The summed E-state index contributed by atoms with van der Waals surface area (Å²) in [4.78, 5) is 40.0. The largest absolute Gasteiger partial charge is 0.508 e. The van der Waals surface area contributed by atoms with Gasteiger partial charge >= 0.3 is 0 Å². The topological polar surface area (TPSA) is 159 Å². The minimum atomic E-state index is -0.462. The summed E-state index contributed by atoms with van der Waals surface area (Å²) in [6.07, 6.45) is 0.660. The molecule has 0 aliphatic carbocycles. The quantitative estimate of drug-likeness (QED) is 0.0746. The molecule has 0 bridgehead atoms. The van der Waals surface area contributed by atoms with Gasteiger partial charge in [0.2, 0.25) is 0 Å². The fourth-order valence-corrected chi connectivity index (χ4v) is 11.9. The average molecular weight is 1220 g/mol. The lowest BCUT2D eigenvalue weighted by atomic mass is 9.99. The summed E-state index contributed by atoms with van der Waals surface area (Å²) in [6, 6.07) is 71.8. The number of nitrogens with zero attached hydrogens (tertiary/aromatic N) is 2. The van der Waals surface area contributed by atoms with E-state index in [0.29, 0.717) is 41.0 Å². The standard InChI is InChI=1S/2C27H21NO3S.C9H11FO.C9H9FO.C2H6/c2*29-23-8-4-7-20(15-23)21-11-14-24(26(30)16-21)25-17-32-27(31)28(25)22-12-9-19(10-13-22)18-5-2-1-3-6-18;2*1-2-9(11)7-3-5-8(10)6-4-7;1-2/h2*1-16,25,29-30H,17H2;3-6,9,11H,2H2,1H3;3-6H,2H2,1H3;1-2H3. The number of ketones is 1. The summed E-state index contributed by atoms with van der Waals surface area (Å²) < 4.78 is 24.7. The second-order valence-electron chi connectivity index (χ2n) is 20.2. The normalized spacial score (nSPS) is 14.4. The summed E-state index contributed by atoms with van der Waals surface area (Å²) in [5.74, 6) is 1.23. The SMILES string of the molecule is CC.CCC(=O)c1ccc(F)cc1.CCC(O)c1ccc(F)cc1.O=C1SCC(c2ccc(-c3cccc(O)c3)cc2O)N1c1ccc(-c2ccccc2)cc1.O=C1SCC(c2ccc(-c3cccc(O)c3)cc2O)N1c1ccc(-c2ccccc2)cc1. The Bertz CT molecular complexity index is 3710. The maximum absolute atomic E-state index is 12.7. The molecule has 88 heavy (non-hydrogen) atoms. The van der Waals surface area contributed by atoms with Gasteiger partial charge in [0.15, 0.2) is 5.78 Å². The van der Waals surface area contributed by atoms with Gasteiger partial charge in [0.05, 0.1) is 18.2 Å². The first-order valence-electron chi connectivity index (χ1n) is 28.9. The van der Waals surface area contributed by atoms with Crippen LogP contribution in [0.4, 0.5) is 29.7 Å². The highest BCUT2D eigenvalue weighted by Gasteiger charge is 2.37. The molecule has 14 heteroatoms. The molecular weight excluding hydrogens is 1150 g/mol. The summed E-state index contributed by atoms with van der Waals surface area (Å²) in [6.45, 7) is 7.67. The van der Waals surface area contributed by atoms with Gasteiger partial charge in [-0.25, -0.2) is 8.78 Å². The molecule has 3 atom stereocenters. The molecule has 12 rings (SSSR count). The van der Waals surface area contributed by atoms with Crippen LogP contribution in [0.25, 0.3) is 44.5 Å². The van der Waals surface area contributed by atoms with Gasteiger partial charge in [0.1, 0.15) is 34.6 Å². The van der Waals surface area contributed by atoms with Crippen molar-refractivity contribution in [2.75, 3.05) is 21.3 Å². The monoisotopic (exact) mass is 1210 g/mol. The van der Waals surface area contributed by atoms with E-state index in [1.807, 2.05) is 142 Å². The zero-order chi connectivity index (χ0) is 62.7. The number of benzene rings is 10. The lowest BCUT2D eigenvalue weighted by molar-refractivity contribution is 0.0988. The number of thioether (sulfide) groups is 2. The predicted molar refractivity (Wildman–Crippen MR) is 354 cm³/mol. The number of aliphatic hydroxyl groups excluding tert-OH is 1. The van der Waals surface area contributed by atoms with E-state index < -0.39 is 6.10 Å². The molecule has 10 aromatic carbocycles. The van der Waals surface area contributed by atoms with E-state index >= 15 is 0 Å². The van der Waals surface area contributed by atoms with E-state index in [1.165, 1.54) is 59.9 Å². The van der Waals surface area contributed by atoms with E-state index in [2.05, 4.69) is 24.3 Å². The number of halogens is 2. The summed E-state index contributed by atoms with van der Waals surface area (Å²) in [7, 11) is 0. The number of aliphatic hydroxyl groups is 1. The zero-order valence-corrected chi connectivity index (χ0v) is 50.7. The third kappa shape index (κ3) is 16.5. The van der Waals surface area contributed by atoms with Gasteiger partial charge in [0.25, 0.3) is 10.5 Å². The van der Waals surface area contributed by atoms with Crippen molar-refractivity contribution in [1.29, 1.82) is 0 Å². The molecule has 2 fully saturated rings. The molecule has 2 aliphatic heterocycles. The fourth-order valence-electron chi connectivity index (χ4n) is 9.90. The minimum absolute atomic E-state index is 0.0288. The van der Waals surface area contributed by atoms with Gasteiger partial charge in [0, 0.05) is 46.0 Å². The maximum Gasteiger partial charge on any atom is 0.286 e. The number of phenolic OH excluding ortho intramolecular Hbond substituents is 4. The second-order valence-corrected chi connectivity index (χ2v) is 22.1. The van der Waals surface area contributed by atoms with E-state index in [4.69, 9.17) is 0 Å². The Morgan fingerprint density at radius 2 is 0.807 bits per heavy atom. The molecule has 0 aromatic heterocycles. The number of amides is 2. The van der Waals surface area contributed by atoms with Crippen LogP contribution in [0.5, 0.6) is 23.0 Å². The van der Waals surface area contributed by atoms with Crippen molar-refractivity contribution in [1.82, 2.24) is 0 Å².